The predicted molar refractivity (Wildman–Crippen MR) is 92.5 cm³/mol. The Balaban J connectivity index is 1.44. The lowest BCUT2D eigenvalue weighted by Gasteiger charge is -2.14. The summed E-state index contributed by atoms with van der Waals surface area (Å²) in [7, 11) is 2.00. The number of hydrogen-bond acceptors (Lipinski definition) is 4. The van der Waals surface area contributed by atoms with Gasteiger partial charge in [0.1, 0.15) is 5.82 Å². The van der Waals surface area contributed by atoms with Crippen LogP contribution in [-0.4, -0.2) is 32.5 Å². The second kappa shape index (κ2) is 7.51. The van der Waals surface area contributed by atoms with Gasteiger partial charge in [0.05, 0.1) is 5.25 Å². The lowest BCUT2D eigenvalue weighted by atomic mass is 9.97. The minimum Gasteiger partial charge on any atom is -0.355 e. The van der Waals surface area contributed by atoms with E-state index in [0.29, 0.717) is 5.92 Å². The van der Waals surface area contributed by atoms with Crippen molar-refractivity contribution in [1.82, 2.24) is 20.1 Å². The Labute approximate surface area is 142 Å². The first-order valence-electron chi connectivity index (χ1n) is 8.66. The number of nitrogens with zero attached hydrogens (tertiary/aromatic N) is 3. The molecule has 1 amide bonds. The largest absolute Gasteiger partial charge is 0.355 e. The topological polar surface area (TPSA) is 59.8 Å². The second-order valence-electron chi connectivity index (χ2n) is 6.58. The smallest absolute Gasteiger partial charge is 0.233 e. The normalized spacial score (nSPS) is 19.3. The van der Waals surface area contributed by atoms with E-state index < -0.39 is 0 Å². The molecule has 0 bridgehead atoms. The Morgan fingerprint density at radius 2 is 2.26 bits per heavy atom. The third-order valence-corrected chi connectivity index (χ3v) is 5.73. The van der Waals surface area contributed by atoms with Crippen molar-refractivity contribution in [2.45, 2.75) is 68.2 Å². The summed E-state index contributed by atoms with van der Waals surface area (Å²) in [6.07, 6.45) is 10.7. The molecule has 0 saturated heterocycles. The highest BCUT2D eigenvalue weighted by Crippen LogP contribution is 2.39. The molecule has 1 N–H and O–H groups in total. The summed E-state index contributed by atoms with van der Waals surface area (Å²) in [6.45, 7) is 2.67. The quantitative estimate of drug-likeness (QED) is 0.614. The minimum absolute atomic E-state index is 0.0855. The molecule has 126 valence electrons. The van der Waals surface area contributed by atoms with Gasteiger partial charge < -0.3 is 9.88 Å². The average molecular weight is 334 g/mol. The lowest BCUT2D eigenvalue weighted by Crippen LogP contribution is -2.32. The van der Waals surface area contributed by atoms with Gasteiger partial charge in [-0.05, 0) is 51.9 Å². The molecule has 2 aliphatic carbocycles. The van der Waals surface area contributed by atoms with Gasteiger partial charge in [0.25, 0.3) is 0 Å². The molecular formula is C17H26N4OS. The van der Waals surface area contributed by atoms with Crippen molar-refractivity contribution >= 4 is 17.7 Å². The van der Waals surface area contributed by atoms with Crippen LogP contribution in [-0.2, 0) is 11.8 Å². The molecule has 1 aromatic rings. The van der Waals surface area contributed by atoms with E-state index in [9.17, 15) is 4.79 Å². The van der Waals surface area contributed by atoms with Crippen molar-refractivity contribution < 1.29 is 4.79 Å². The van der Waals surface area contributed by atoms with Gasteiger partial charge in [-0.1, -0.05) is 23.4 Å². The van der Waals surface area contributed by atoms with Gasteiger partial charge in [-0.3, -0.25) is 4.79 Å². The van der Waals surface area contributed by atoms with Crippen molar-refractivity contribution in [3.8, 4) is 0 Å². The minimum atomic E-state index is -0.148. The Bertz CT molecular complexity index is 591. The number of carbonyl (C=O) groups is 1. The molecule has 0 radical (unpaired) electrons. The fourth-order valence-electron chi connectivity index (χ4n) is 2.96. The Hall–Kier alpha value is -1.30. The van der Waals surface area contributed by atoms with E-state index in [1.54, 1.807) is 0 Å². The summed E-state index contributed by atoms with van der Waals surface area (Å²) >= 11 is 1.49. The molecule has 2 aliphatic rings. The van der Waals surface area contributed by atoms with E-state index in [-0.39, 0.29) is 11.2 Å². The average Bonchev–Trinajstić information content (AvgIpc) is 3.34. The fraction of sp³-hybridized carbons (Fsp3) is 0.706. The summed E-state index contributed by atoms with van der Waals surface area (Å²) < 4.78 is 2.04. The van der Waals surface area contributed by atoms with Crippen LogP contribution in [0.3, 0.4) is 0 Å². The Morgan fingerprint density at radius 3 is 2.96 bits per heavy atom. The van der Waals surface area contributed by atoms with E-state index >= 15 is 0 Å². The Morgan fingerprint density at radius 1 is 1.43 bits per heavy atom. The van der Waals surface area contributed by atoms with Crippen molar-refractivity contribution in [2.75, 3.05) is 6.54 Å². The zero-order valence-electron chi connectivity index (χ0n) is 14.0. The number of thioether (sulfide) groups is 1. The molecule has 0 aliphatic heterocycles. The maximum atomic E-state index is 12.2. The van der Waals surface area contributed by atoms with Crippen LogP contribution in [0.15, 0.2) is 16.8 Å². The maximum absolute atomic E-state index is 12.2. The summed E-state index contributed by atoms with van der Waals surface area (Å²) in [6, 6.07) is 0. The molecule has 5 nitrogen and oxygen atoms in total. The number of hydrogen-bond donors (Lipinski definition) is 1. The van der Waals surface area contributed by atoms with Gasteiger partial charge in [-0.2, -0.15) is 0 Å². The fourth-order valence-corrected chi connectivity index (χ4v) is 3.81. The van der Waals surface area contributed by atoms with Crippen molar-refractivity contribution in [1.29, 1.82) is 0 Å². The molecule has 1 saturated carbocycles. The SMILES string of the molecule is C[C@H](Sc1nnc(C2CC2)n1C)C(=O)NCCC1=CCCCC1. The number of carbonyl (C=O) groups excluding carboxylic acids is 1. The molecule has 23 heavy (non-hydrogen) atoms. The van der Waals surface area contributed by atoms with Gasteiger partial charge in [0, 0.05) is 19.5 Å². The number of aromatic nitrogens is 3. The number of amides is 1. The third kappa shape index (κ3) is 4.37. The molecule has 1 aromatic heterocycles. The van der Waals surface area contributed by atoms with Crippen molar-refractivity contribution in [3.05, 3.63) is 17.5 Å². The standard InChI is InChI=1S/C17H26N4OS/c1-12(16(22)18-11-10-13-6-4-3-5-7-13)23-17-20-19-15(21(17)2)14-8-9-14/h6,12,14H,3-5,7-11H2,1-2H3,(H,18,22)/t12-/m0/s1. The van der Waals surface area contributed by atoms with Gasteiger partial charge in [0.15, 0.2) is 5.16 Å². The van der Waals surface area contributed by atoms with Crippen molar-refractivity contribution in [3.63, 3.8) is 0 Å². The summed E-state index contributed by atoms with van der Waals surface area (Å²) in [5, 5.41) is 12.2. The summed E-state index contributed by atoms with van der Waals surface area (Å²) in [5.41, 5.74) is 1.50. The highest BCUT2D eigenvalue weighted by Gasteiger charge is 2.30. The van der Waals surface area contributed by atoms with E-state index in [4.69, 9.17) is 0 Å². The molecular weight excluding hydrogens is 308 g/mol. The molecule has 1 atom stereocenters. The van der Waals surface area contributed by atoms with Crippen LogP contribution >= 0.6 is 11.8 Å². The highest BCUT2D eigenvalue weighted by molar-refractivity contribution is 8.00. The molecule has 0 spiro atoms. The van der Waals surface area contributed by atoms with Crippen LogP contribution in [0.5, 0.6) is 0 Å². The van der Waals surface area contributed by atoms with Crippen LogP contribution < -0.4 is 5.32 Å². The maximum Gasteiger partial charge on any atom is 0.233 e. The van der Waals surface area contributed by atoms with Crippen LogP contribution in [0, 0.1) is 0 Å². The van der Waals surface area contributed by atoms with Gasteiger partial charge in [-0.15, -0.1) is 10.2 Å². The molecule has 0 unspecified atom stereocenters. The first-order valence-corrected chi connectivity index (χ1v) is 9.54. The second-order valence-corrected chi connectivity index (χ2v) is 7.89. The van der Waals surface area contributed by atoms with Gasteiger partial charge in [-0.25, -0.2) is 0 Å². The van der Waals surface area contributed by atoms with Crippen LogP contribution in [0.2, 0.25) is 0 Å². The number of nitrogens with one attached hydrogen (secondary N) is 1. The van der Waals surface area contributed by atoms with Gasteiger partial charge in [0.2, 0.25) is 5.91 Å². The molecule has 6 heteroatoms. The molecule has 0 aromatic carbocycles. The number of allylic oxidation sites excluding steroid dienone is 1. The summed E-state index contributed by atoms with van der Waals surface area (Å²) in [4.78, 5) is 12.2. The van der Waals surface area contributed by atoms with Crippen LogP contribution in [0.4, 0.5) is 0 Å². The third-order valence-electron chi connectivity index (χ3n) is 4.59. The van der Waals surface area contributed by atoms with Crippen molar-refractivity contribution in [2.24, 2.45) is 7.05 Å². The molecule has 1 heterocycles. The molecule has 3 rings (SSSR count). The van der Waals surface area contributed by atoms with E-state index in [1.807, 2.05) is 18.5 Å². The van der Waals surface area contributed by atoms with E-state index in [0.717, 1.165) is 23.9 Å². The van der Waals surface area contributed by atoms with E-state index in [2.05, 4.69) is 21.6 Å². The molecule has 1 fully saturated rings. The van der Waals surface area contributed by atoms with Crippen LogP contribution in [0.1, 0.15) is 63.6 Å². The summed E-state index contributed by atoms with van der Waals surface area (Å²) in [5.74, 6) is 1.72. The van der Waals surface area contributed by atoms with Crippen LogP contribution in [0.25, 0.3) is 0 Å². The highest BCUT2D eigenvalue weighted by atomic mass is 32.2. The first-order chi connectivity index (χ1) is 11.1. The predicted octanol–water partition coefficient (Wildman–Crippen LogP) is 3.18. The van der Waals surface area contributed by atoms with Gasteiger partial charge >= 0.3 is 0 Å². The zero-order chi connectivity index (χ0) is 16.2. The monoisotopic (exact) mass is 334 g/mol. The first kappa shape index (κ1) is 16.6. The Kier molecular flexibility index (Phi) is 5.41. The number of rotatable bonds is 7. The lowest BCUT2D eigenvalue weighted by molar-refractivity contribution is -0.120. The zero-order valence-corrected chi connectivity index (χ0v) is 14.9. The van der Waals surface area contributed by atoms with E-state index in [1.165, 1.54) is 55.9 Å².